The molecule has 2 heterocycles. The Morgan fingerprint density at radius 1 is 1.30 bits per heavy atom. The van der Waals surface area contributed by atoms with Crippen LogP contribution in [-0.4, -0.2) is 29.9 Å². The van der Waals surface area contributed by atoms with E-state index >= 15 is 0 Å². The van der Waals surface area contributed by atoms with Gasteiger partial charge in [-0.15, -0.1) is 11.3 Å². The molecule has 0 N–H and O–H groups in total. The Hall–Kier alpha value is -1.36. The maximum absolute atomic E-state index is 12.1. The minimum atomic E-state index is -0.160. The highest BCUT2D eigenvalue weighted by molar-refractivity contribution is 7.09. The summed E-state index contributed by atoms with van der Waals surface area (Å²) < 4.78 is 5.36. The van der Waals surface area contributed by atoms with Gasteiger partial charge in [0.15, 0.2) is 0 Å². The van der Waals surface area contributed by atoms with Crippen molar-refractivity contribution in [2.45, 2.75) is 32.3 Å². The van der Waals surface area contributed by atoms with Gasteiger partial charge in [0.05, 0.1) is 5.92 Å². The number of esters is 1. The fourth-order valence-electron chi connectivity index (χ4n) is 2.61. The number of rotatable bonds is 4. The number of carbonyl (C=O) groups is 2. The molecule has 4 nitrogen and oxygen atoms in total. The Morgan fingerprint density at radius 2 is 2.15 bits per heavy atom. The van der Waals surface area contributed by atoms with E-state index in [0.717, 1.165) is 37.1 Å². The van der Waals surface area contributed by atoms with E-state index in [0.29, 0.717) is 13.2 Å². The second-order valence-corrected chi connectivity index (χ2v) is 6.62. The molecule has 1 saturated heterocycles. The van der Waals surface area contributed by atoms with Gasteiger partial charge in [-0.05, 0) is 37.1 Å². The first kappa shape index (κ1) is 13.6. The molecule has 1 aromatic heterocycles. The van der Waals surface area contributed by atoms with Crippen molar-refractivity contribution in [2.75, 3.05) is 13.1 Å². The van der Waals surface area contributed by atoms with E-state index < -0.39 is 0 Å². The molecule has 3 rings (SSSR count). The lowest BCUT2D eigenvalue weighted by Crippen LogP contribution is -2.43. The van der Waals surface area contributed by atoms with Crippen molar-refractivity contribution in [3.05, 3.63) is 22.4 Å². The molecule has 1 aromatic rings. The third kappa shape index (κ3) is 3.20. The van der Waals surface area contributed by atoms with E-state index in [-0.39, 0.29) is 23.7 Å². The smallest absolute Gasteiger partial charge is 0.311 e. The van der Waals surface area contributed by atoms with E-state index in [4.69, 9.17) is 4.74 Å². The van der Waals surface area contributed by atoms with Crippen LogP contribution >= 0.6 is 11.3 Å². The van der Waals surface area contributed by atoms with E-state index in [9.17, 15) is 9.59 Å². The topological polar surface area (TPSA) is 46.6 Å². The predicted octanol–water partition coefficient (Wildman–Crippen LogP) is 2.44. The third-order valence-electron chi connectivity index (χ3n) is 3.93. The van der Waals surface area contributed by atoms with Gasteiger partial charge in [-0.25, -0.2) is 0 Å². The van der Waals surface area contributed by atoms with Crippen LogP contribution in [-0.2, 0) is 20.9 Å². The minimum Gasteiger partial charge on any atom is -0.460 e. The van der Waals surface area contributed by atoms with Crippen molar-refractivity contribution in [3.63, 3.8) is 0 Å². The number of hydrogen-bond acceptors (Lipinski definition) is 4. The lowest BCUT2D eigenvalue weighted by atomic mass is 9.98. The van der Waals surface area contributed by atoms with E-state index in [1.807, 2.05) is 22.4 Å². The van der Waals surface area contributed by atoms with Gasteiger partial charge in [0.1, 0.15) is 6.61 Å². The summed E-state index contributed by atoms with van der Waals surface area (Å²) in [6.45, 7) is 1.69. The largest absolute Gasteiger partial charge is 0.460 e. The molecule has 1 atom stereocenters. The third-order valence-corrected chi connectivity index (χ3v) is 4.78. The molecule has 0 radical (unpaired) electrons. The highest BCUT2D eigenvalue weighted by Crippen LogP contribution is 2.32. The highest BCUT2D eigenvalue weighted by atomic mass is 32.1. The molecule has 108 valence electrons. The zero-order chi connectivity index (χ0) is 13.9. The number of piperidine rings is 1. The Morgan fingerprint density at radius 3 is 2.85 bits per heavy atom. The van der Waals surface area contributed by atoms with Crippen LogP contribution in [0.4, 0.5) is 0 Å². The number of hydrogen-bond donors (Lipinski definition) is 0. The number of amides is 1. The van der Waals surface area contributed by atoms with Crippen LogP contribution in [0.5, 0.6) is 0 Å². The SMILES string of the molecule is O=C(OCc1cccs1)[C@@H]1CCCN(C(=O)C2CC2)C1. The summed E-state index contributed by atoms with van der Waals surface area (Å²) in [6.07, 6.45) is 3.76. The van der Waals surface area contributed by atoms with Gasteiger partial charge >= 0.3 is 5.97 Å². The molecule has 5 heteroatoms. The zero-order valence-electron chi connectivity index (χ0n) is 11.4. The van der Waals surface area contributed by atoms with Crippen molar-refractivity contribution in [1.82, 2.24) is 4.90 Å². The molecule has 1 amide bonds. The summed E-state index contributed by atoms with van der Waals surface area (Å²) in [4.78, 5) is 27.1. The van der Waals surface area contributed by atoms with Crippen LogP contribution in [0.2, 0.25) is 0 Å². The van der Waals surface area contributed by atoms with Crippen LogP contribution in [0.15, 0.2) is 17.5 Å². The molecule has 2 fully saturated rings. The molecule has 1 aliphatic carbocycles. The lowest BCUT2D eigenvalue weighted by Gasteiger charge is -2.31. The monoisotopic (exact) mass is 293 g/mol. The molecule has 0 bridgehead atoms. The Bertz CT molecular complexity index is 481. The summed E-state index contributed by atoms with van der Waals surface area (Å²) in [5, 5.41) is 1.97. The molecule has 0 unspecified atom stereocenters. The molecule has 2 aliphatic rings. The first-order valence-corrected chi connectivity index (χ1v) is 8.10. The predicted molar refractivity (Wildman–Crippen MR) is 76.1 cm³/mol. The molecule has 1 saturated carbocycles. The number of carbonyl (C=O) groups excluding carboxylic acids is 2. The van der Waals surface area contributed by atoms with Gasteiger partial charge in [-0.1, -0.05) is 6.07 Å². The van der Waals surface area contributed by atoms with Gasteiger partial charge in [0.25, 0.3) is 0 Å². The maximum Gasteiger partial charge on any atom is 0.311 e. The highest BCUT2D eigenvalue weighted by Gasteiger charge is 2.37. The van der Waals surface area contributed by atoms with Gasteiger partial charge in [0, 0.05) is 23.9 Å². The van der Waals surface area contributed by atoms with Crippen LogP contribution in [0, 0.1) is 11.8 Å². The fraction of sp³-hybridized carbons (Fsp3) is 0.600. The van der Waals surface area contributed by atoms with Crippen LogP contribution < -0.4 is 0 Å². The van der Waals surface area contributed by atoms with Gasteiger partial charge in [-0.2, -0.15) is 0 Å². The Kier molecular flexibility index (Phi) is 4.05. The number of likely N-dealkylation sites (tertiary alicyclic amines) is 1. The van der Waals surface area contributed by atoms with Crippen molar-refractivity contribution < 1.29 is 14.3 Å². The van der Waals surface area contributed by atoms with E-state index in [2.05, 4.69) is 0 Å². The van der Waals surface area contributed by atoms with Gasteiger partial charge in [0.2, 0.25) is 5.91 Å². The first-order chi connectivity index (χ1) is 9.74. The van der Waals surface area contributed by atoms with Crippen LogP contribution in [0.1, 0.15) is 30.6 Å². The molecular formula is C15H19NO3S. The summed E-state index contributed by atoms with van der Waals surface area (Å²) in [5.41, 5.74) is 0. The zero-order valence-corrected chi connectivity index (χ0v) is 12.2. The number of ether oxygens (including phenoxy) is 1. The lowest BCUT2D eigenvalue weighted by molar-refractivity contribution is -0.153. The van der Waals surface area contributed by atoms with Gasteiger partial charge < -0.3 is 9.64 Å². The van der Waals surface area contributed by atoms with Crippen molar-refractivity contribution in [3.8, 4) is 0 Å². The fourth-order valence-corrected chi connectivity index (χ4v) is 3.23. The normalized spacial score (nSPS) is 22.6. The maximum atomic E-state index is 12.1. The van der Waals surface area contributed by atoms with Gasteiger partial charge in [-0.3, -0.25) is 9.59 Å². The second-order valence-electron chi connectivity index (χ2n) is 5.58. The molecule has 0 spiro atoms. The molecule has 0 aromatic carbocycles. The van der Waals surface area contributed by atoms with Crippen LogP contribution in [0.25, 0.3) is 0 Å². The van der Waals surface area contributed by atoms with Crippen LogP contribution in [0.3, 0.4) is 0 Å². The summed E-state index contributed by atoms with van der Waals surface area (Å²) >= 11 is 1.59. The first-order valence-electron chi connectivity index (χ1n) is 7.22. The average Bonchev–Trinajstić information content (AvgIpc) is 3.20. The standard InChI is InChI=1S/C15H19NO3S/c17-14(11-5-6-11)16-7-1-3-12(9-16)15(18)19-10-13-4-2-8-20-13/h2,4,8,11-12H,1,3,5-7,9-10H2/t12-/m1/s1. The van der Waals surface area contributed by atoms with Crippen molar-refractivity contribution >= 4 is 23.2 Å². The average molecular weight is 293 g/mol. The molecular weight excluding hydrogens is 274 g/mol. The van der Waals surface area contributed by atoms with Crippen molar-refractivity contribution in [2.24, 2.45) is 11.8 Å². The van der Waals surface area contributed by atoms with E-state index in [1.165, 1.54) is 0 Å². The van der Waals surface area contributed by atoms with Crippen molar-refractivity contribution in [1.29, 1.82) is 0 Å². The second kappa shape index (κ2) is 5.95. The number of thiophene rings is 1. The summed E-state index contributed by atoms with van der Waals surface area (Å²) in [5.74, 6) is 0.162. The summed E-state index contributed by atoms with van der Waals surface area (Å²) in [7, 11) is 0. The Balaban J connectivity index is 1.50. The Labute approximate surface area is 122 Å². The number of nitrogens with zero attached hydrogens (tertiary/aromatic N) is 1. The quantitative estimate of drug-likeness (QED) is 0.801. The molecule has 20 heavy (non-hydrogen) atoms. The summed E-state index contributed by atoms with van der Waals surface area (Å²) in [6, 6.07) is 3.91. The minimum absolute atomic E-state index is 0.147. The molecule has 1 aliphatic heterocycles. The van der Waals surface area contributed by atoms with E-state index in [1.54, 1.807) is 11.3 Å².